The van der Waals surface area contributed by atoms with Gasteiger partial charge in [-0.05, 0) is 44.9 Å². The first-order chi connectivity index (χ1) is 5.74. The molecule has 3 aliphatic carbocycles. The average Bonchev–Trinajstić information content (AvgIpc) is 2.12. The summed E-state index contributed by atoms with van der Waals surface area (Å²) in [6, 6.07) is 0. The van der Waals surface area contributed by atoms with Crippen molar-refractivity contribution in [1.82, 2.24) is 0 Å². The van der Waals surface area contributed by atoms with Crippen LogP contribution >= 0.6 is 0 Å². The van der Waals surface area contributed by atoms with Crippen LogP contribution in [0.25, 0.3) is 0 Å². The molecule has 1 heteroatoms. The summed E-state index contributed by atoms with van der Waals surface area (Å²) >= 11 is 0. The molecule has 0 aromatic carbocycles. The zero-order valence-corrected chi connectivity index (χ0v) is 7.84. The molecule has 0 amide bonds. The number of hydrogen-bond acceptors (Lipinski definition) is 1. The van der Waals surface area contributed by atoms with Crippen LogP contribution in [-0.4, -0.2) is 6.29 Å². The summed E-state index contributed by atoms with van der Waals surface area (Å²) < 4.78 is 0. The highest BCUT2D eigenvalue weighted by Gasteiger charge is 2.37. The quantitative estimate of drug-likeness (QED) is 0.430. The maximum atomic E-state index is 10.8. The highest BCUT2D eigenvalue weighted by molar-refractivity contribution is 5.57. The molecule has 1 nitrogen and oxygen atoms in total. The van der Waals surface area contributed by atoms with E-state index in [1.165, 1.54) is 24.7 Å². The van der Waals surface area contributed by atoms with Crippen molar-refractivity contribution >= 4 is 6.29 Å². The van der Waals surface area contributed by atoms with Gasteiger partial charge in [-0.15, -0.1) is 0 Å². The zero-order chi connectivity index (χ0) is 8.72. The Balaban J connectivity index is 2.33. The van der Waals surface area contributed by atoms with Crippen LogP contribution in [0.2, 0.25) is 0 Å². The van der Waals surface area contributed by atoms with Crippen molar-refractivity contribution in [1.29, 1.82) is 0 Å². The number of allylic oxidation sites excluding steroid dienone is 2. The largest absolute Gasteiger partial charge is 0.303 e. The molecule has 0 unspecified atom stereocenters. The van der Waals surface area contributed by atoms with Gasteiger partial charge < -0.3 is 4.79 Å². The minimum Gasteiger partial charge on any atom is -0.303 e. The van der Waals surface area contributed by atoms with E-state index in [0.29, 0.717) is 11.8 Å². The third-order valence-corrected chi connectivity index (χ3v) is 3.87. The molecule has 1 fully saturated rings. The van der Waals surface area contributed by atoms with Gasteiger partial charge in [-0.25, -0.2) is 0 Å². The molecule has 12 heavy (non-hydrogen) atoms. The topological polar surface area (TPSA) is 17.1 Å². The van der Waals surface area contributed by atoms with Gasteiger partial charge in [-0.1, -0.05) is 11.1 Å². The van der Waals surface area contributed by atoms with E-state index in [2.05, 4.69) is 13.8 Å². The van der Waals surface area contributed by atoms with Gasteiger partial charge in [0.05, 0.1) is 0 Å². The Kier molecular flexibility index (Phi) is 1.82. The van der Waals surface area contributed by atoms with E-state index in [4.69, 9.17) is 0 Å². The molecule has 3 rings (SSSR count). The molecule has 66 valence electrons. The van der Waals surface area contributed by atoms with Crippen LogP contribution in [0.5, 0.6) is 0 Å². The summed E-state index contributed by atoms with van der Waals surface area (Å²) in [5.41, 5.74) is 3.08. The summed E-state index contributed by atoms with van der Waals surface area (Å²) in [7, 11) is 0. The molecule has 1 saturated carbocycles. The summed E-state index contributed by atoms with van der Waals surface area (Å²) in [6.45, 7) is 4.45. The van der Waals surface area contributed by atoms with Gasteiger partial charge >= 0.3 is 0 Å². The van der Waals surface area contributed by atoms with Crippen LogP contribution in [0.1, 0.15) is 33.1 Å². The summed E-state index contributed by atoms with van der Waals surface area (Å²) in [4.78, 5) is 10.8. The Hall–Kier alpha value is -0.590. The number of carbonyl (C=O) groups is 1. The minimum atomic E-state index is 0.340. The Morgan fingerprint density at radius 1 is 1.25 bits per heavy atom. The molecule has 0 spiro atoms. The minimum absolute atomic E-state index is 0.340. The van der Waals surface area contributed by atoms with Crippen molar-refractivity contribution in [3.63, 3.8) is 0 Å². The van der Waals surface area contributed by atoms with Gasteiger partial charge in [0.25, 0.3) is 0 Å². The van der Waals surface area contributed by atoms with E-state index in [-0.39, 0.29) is 0 Å². The first-order valence-corrected chi connectivity index (χ1v) is 4.86. The van der Waals surface area contributed by atoms with Gasteiger partial charge in [0.15, 0.2) is 0 Å². The Morgan fingerprint density at radius 2 is 2.00 bits per heavy atom. The fourth-order valence-corrected chi connectivity index (χ4v) is 2.90. The molecule has 0 saturated heterocycles. The van der Waals surface area contributed by atoms with Crippen LogP contribution in [0.3, 0.4) is 0 Å². The van der Waals surface area contributed by atoms with Gasteiger partial charge in [0.2, 0.25) is 0 Å². The maximum absolute atomic E-state index is 10.8. The first-order valence-electron chi connectivity index (χ1n) is 4.86. The van der Waals surface area contributed by atoms with Crippen LogP contribution in [0.4, 0.5) is 0 Å². The Labute approximate surface area is 73.8 Å². The molecule has 0 aromatic heterocycles. The number of fused-ring (bicyclic) bond motifs is 2. The second kappa shape index (κ2) is 2.72. The lowest BCUT2D eigenvalue weighted by atomic mass is 9.63. The van der Waals surface area contributed by atoms with Crippen molar-refractivity contribution in [2.24, 2.45) is 17.8 Å². The lowest BCUT2D eigenvalue weighted by Crippen LogP contribution is -2.33. The van der Waals surface area contributed by atoms with Crippen molar-refractivity contribution in [3.8, 4) is 0 Å². The van der Waals surface area contributed by atoms with Crippen LogP contribution in [0, 0.1) is 17.8 Å². The maximum Gasteiger partial charge on any atom is 0.123 e. The predicted octanol–water partition coefficient (Wildman–Crippen LogP) is 2.57. The van der Waals surface area contributed by atoms with Crippen molar-refractivity contribution < 1.29 is 4.79 Å². The first kappa shape index (κ1) is 8.03. The molecule has 0 aliphatic heterocycles. The molecule has 0 aromatic rings. The van der Waals surface area contributed by atoms with Gasteiger partial charge in [-0.3, -0.25) is 0 Å². The smallest absolute Gasteiger partial charge is 0.123 e. The zero-order valence-electron chi connectivity index (χ0n) is 7.84. The second-order valence-electron chi connectivity index (χ2n) is 4.28. The second-order valence-corrected chi connectivity index (χ2v) is 4.28. The third kappa shape index (κ3) is 0.954. The molecule has 0 radical (unpaired) electrons. The molecule has 0 N–H and O–H groups in total. The number of rotatable bonds is 1. The summed E-state index contributed by atoms with van der Waals surface area (Å²) in [5, 5.41) is 0. The summed E-state index contributed by atoms with van der Waals surface area (Å²) in [6.07, 6.45) is 4.86. The number of hydrogen-bond donors (Lipinski definition) is 0. The van der Waals surface area contributed by atoms with E-state index in [0.717, 1.165) is 12.3 Å². The molecular formula is C11H16O. The van der Waals surface area contributed by atoms with Gasteiger partial charge in [0, 0.05) is 5.92 Å². The Bertz CT molecular complexity index is 239. The van der Waals surface area contributed by atoms with Crippen molar-refractivity contribution in [2.45, 2.75) is 33.1 Å². The monoisotopic (exact) mass is 164 g/mol. The van der Waals surface area contributed by atoms with Crippen LogP contribution in [0.15, 0.2) is 11.1 Å². The normalized spacial score (nSPS) is 40.3. The van der Waals surface area contributed by atoms with E-state index in [1.54, 1.807) is 5.57 Å². The van der Waals surface area contributed by atoms with E-state index < -0.39 is 0 Å². The lowest BCUT2D eigenvalue weighted by Gasteiger charge is -2.41. The fourth-order valence-electron chi connectivity index (χ4n) is 2.90. The highest BCUT2D eigenvalue weighted by atomic mass is 16.1. The van der Waals surface area contributed by atoms with Gasteiger partial charge in [0.1, 0.15) is 6.29 Å². The predicted molar refractivity (Wildman–Crippen MR) is 48.8 cm³/mol. The molecular weight excluding hydrogens is 148 g/mol. The average molecular weight is 164 g/mol. The lowest BCUT2D eigenvalue weighted by molar-refractivity contribution is -0.113. The van der Waals surface area contributed by atoms with E-state index in [9.17, 15) is 4.79 Å². The van der Waals surface area contributed by atoms with Crippen LogP contribution < -0.4 is 0 Å². The van der Waals surface area contributed by atoms with Gasteiger partial charge in [-0.2, -0.15) is 0 Å². The SMILES string of the molecule is CC1=C(C)[C@@H]2CC[C@H]1C[C@@H]2C=O. The number of aldehydes is 1. The van der Waals surface area contributed by atoms with Crippen molar-refractivity contribution in [3.05, 3.63) is 11.1 Å². The number of carbonyl (C=O) groups excluding carboxylic acids is 1. The van der Waals surface area contributed by atoms with E-state index >= 15 is 0 Å². The molecule has 3 aliphatic rings. The van der Waals surface area contributed by atoms with Crippen LogP contribution in [-0.2, 0) is 4.79 Å². The molecule has 2 bridgehead atoms. The fraction of sp³-hybridized carbons (Fsp3) is 0.727. The Morgan fingerprint density at radius 3 is 2.58 bits per heavy atom. The standard InChI is InChI=1S/C11H16O/c1-7-8(2)11-4-3-9(7)5-10(11)6-12/h6,9-11H,3-5H2,1-2H3/t9-,10+,11-/m0/s1. The summed E-state index contributed by atoms with van der Waals surface area (Å²) in [5.74, 6) is 1.66. The molecule has 0 heterocycles. The highest BCUT2D eigenvalue weighted by Crippen LogP contribution is 2.47. The molecule has 3 atom stereocenters. The van der Waals surface area contributed by atoms with Crippen molar-refractivity contribution in [2.75, 3.05) is 0 Å². The van der Waals surface area contributed by atoms with E-state index in [1.807, 2.05) is 0 Å². The third-order valence-electron chi connectivity index (χ3n) is 3.87.